The van der Waals surface area contributed by atoms with Crippen molar-refractivity contribution in [2.45, 2.75) is 13.8 Å². The average molecular weight is 1800 g/mol. The first-order valence-electron chi connectivity index (χ1n) is 46.4. The molecule has 6 aromatic heterocycles. The molecule has 0 saturated heterocycles. The Bertz CT molecular complexity index is 9700. The molecule has 0 amide bonds. The fourth-order valence-corrected chi connectivity index (χ4v) is 23.7. The van der Waals surface area contributed by atoms with Gasteiger partial charge in [0.05, 0.1) is 68.8 Å². The molecular weight excluding hydrogens is 1720 g/mol. The van der Waals surface area contributed by atoms with E-state index >= 15 is 0 Å². The van der Waals surface area contributed by atoms with Crippen molar-refractivity contribution in [3.8, 4) is 112 Å². The Labute approximate surface area is 801 Å². The molecule has 28 aromatic rings. The summed E-state index contributed by atoms with van der Waals surface area (Å²) < 4.78 is 7.89. The zero-order valence-corrected chi connectivity index (χ0v) is 77.1. The van der Waals surface area contributed by atoms with E-state index in [0.717, 1.165) is 105 Å². The van der Waals surface area contributed by atoms with Crippen molar-refractivity contribution in [3.63, 3.8) is 0 Å². The van der Waals surface area contributed by atoms with Crippen molar-refractivity contribution in [2.75, 3.05) is 0 Å². The van der Waals surface area contributed by atoms with Gasteiger partial charge >= 0.3 is 0 Å². The van der Waals surface area contributed by atoms with Crippen molar-refractivity contribution in [3.05, 3.63) is 460 Å². The summed E-state index contributed by atoms with van der Waals surface area (Å²) in [4.78, 5) is 31.5. The summed E-state index contributed by atoms with van der Waals surface area (Å²) in [6.45, 7) is 4.30. The van der Waals surface area contributed by atoms with Gasteiger partial charge in [0.1, 0.15) is 0 Å². The zero-order chi connectivity index (χ0) is 90.7. The van der Waals surface area contributed by atoms with Gasteiger partial charge in [-0.2, -0.15) is 0 Å². The fraction of sp³-hybridized carbons (Fsp3) is 0.0156. The predicted octanol–water partition coefficient (Wildman–Crippen LogP) is 36.2. The smallest absolute Gasteiger partial charge is 0.0979 e. The molecular formula is C128H80N6S3. The Hall–Kier alpha value is -16.9. The first kappa shape index (κ1) is 80.9. The standard InChI is InChI=1S/2C46H28N2S.C36H24N2S/c1-3-11-29(12-4-1)31-19-22-37-39(25-31)40-26-32(30-13-5-2-6-14-30)20-23-38(40)46-45(37)47-28-42(48-46)35-16-8-7-15-34(35)33-21-24-44-41(27-33)36-17-9-10-18-43(36)49-44;1-3-9-29(10-4-1)33-19-22-36-37-23-20-34(30-11-5-2-6-12-30)27-41(37)46-45(40(36)26-33)47-28-42(48-46)32-17-15-31(16-18-32)35-21-24-44-39(25-35)38-13-7-8-14-43(38)49-44;1-21-11-14-27-29(17-21)30-18-22(2)12-15-28(30)36-35(27)37-20-32(38-36)25-8-4-3-7-24(25)23-13-16-34-31(19-23)26-9-5-6-10-33(26)39-34/h2*1-28H;3-20H,1-2H3. The highest BCUT2D eigenvalue weighted by Gasteiger charge is 2.23. The molecule has 6 nitrogen and oxygen atoms in total. The van der Waals surface area contributed by atoms with Gasteiger partial charge in [0.2, 0.25) is 0 Å². The van der Waals surface area contributed by atoms with Crippen molar-refractivity contribution < 1.29 is 0 Å². The van der Waals surface area contributed by atoms with E-state index in [1.54, 1.807) is 0 Å². The number of benzene rings is 22. The van der Waals surface area contributed by atoms with Crippen LogP contribution < -0.4 is 0 Å². The van der Waals surface area contributed by atoms with Crippen LogP contribution in [0.15, 0.2) is 449 Å². The maximum absolute atomic E-state index is 5.43. The summed E-state index contributed by atoms with van der Waals surface area (Å²) in [6.07, 6.45) is 5.83. The Morgan fingerprint density at radius 3 is 0.803 bits per heavy atom. The predicted molar refractivity (Wildman–Crippen MR) is 586 cm³/mol. The molecule has 0 N–H and O–H groups in total. The number of fused-ring (bicyclic) bond motifs is 27. The van der Waals surface area contributed by atoms with Crippen molar-refractivity contribution >= 4 is 192 Å². The second kappa shape index (κ2) is 33.7. The molecule has 9 heteroatoms. The van der Waals surface area contributed by atoms with E-state index < -0.39 is 0 Å². The van der Waals surface area contributed by atoms with Crippen LogP contribution >= 0.6 is 34.0 Å². The third kappa shape index (κ3) is 14.5. The number of hydrogen-bond acceptors (Lipinski definition) is 9. The summed E-state index contributed by atoms with van der Waals surface area (Å²) in [7, 11) is 0. The molecule has 0 unspecified atom stereocenters. The van der Waals surface area contributed by atoms with E-state index in [0.29, 0.717) is 0 Å². The summed E-state index contributed by atoms with van der Waals surface area (Å²) in [6, 6.07) is 155. The highest BCUT2D eigenvalue weighted by atomic mass is 32.1. The maximum atomic E-state index is 5.43. The van der Waals surface area contributed by atoms with Crippen LogP contribution in [-0.4, -0.2) is 29.9 Å². The van der Waals surface area contributed by atoms with Crippen LogP contribution in [0.1, 0.15) is 11.1 Å². The second-order valence-corrected chi connectivity index (χ2v) is 38.8. The second-order valence-electron chi connectivity index (χ2n) is 35.6. The maximum Gasteiger partial charge on any atom is 0.0979 e. The summed E-state index contributed by atoms with van der Waals surface area (Å²) in [5.74, 6) is 0. The van der Waals surface area contributed by atoms with Gasteiger partial charge in [0.15, 0.2) is 0 Å². The molecule has 0 spiro atoms. The SMILES string of the molecule is Cc1ccc2c(c1)c1cc(C)ccc1c1nc(-c3ccccc3-c3ccc4sc5ccccc5c4c3)cnc21.c1ccc(-c2ccc3c(c2)c2cc(-c4ccccc4)ccc2c2nc(-c4ccccc4-c4ccc5sc6ccccc6c5c4)cnc32)cc1.c1ccc(-c2ccc3c4ccc(-c5ccccc5)cc4c4nc(-c5ccc(-c6ccc7sc8ccccc8c7c6)cc5)cnc4c3c2)cc1. The number of thiophene rings is 3. The first-order valence-corrected chi connectivity index (χ1v) is 48.8. The van der Waals surface area contributed by atoms with Gasteiger partial charge in [-0.15, -0.1) is 34.0 Å². The van der Waals surface area contributed by atoms with E-state index in [9.17, 15) is 0 Å². The molecule has 0 aliphatic rings. The number of rotatable bonds is 10. The lowest BCUT2D eigenvalue weighted by molar-refractivity contribution is 1.31. The number of aryl methyl sites for hydroxylation is 2. The van der Waals surface area contributed by atoms with Gasteiger partial charge in [0, 0.05) is 110 Å². The molecule has 6 heterocycles. The molecule has 0 aliphatic carbocycles. The molecule has 640 valence electrons. The zero-order valence-electron chi connectivity index (χ0n) is 74.6. The molecule has 0 aliphatic heterocycles. The van der Waals surface area contributed by atoms with E-state index in [1.807, 2.05) is 52.6 Å². The van der Waals surface area contributed by atoms with Crippen LogP contribution in [0.2, 0.25) is 0 Å². The minimum absolute atomic E-state index is 0.864. The van der Waals surface area contributed by atoms with Gasteiger partial charge in [-0.25, -0.2) is 15.0 Å². The molecule has 28 rings (SSSR count). The fourth-order valence-electron chi connectivity index (χ4n) is 20.5. The lowest BCUT2D eigenvalue weighted by atomic mass is 9.93. The van der Waals surface area contributed by atoms with E-state index in [-0.39, 0.29) is 0 Å². The van der Waals surface area contributed by atoms with Crippen LogP contribution in [0, 0.1) is 13.8 Å². The Morgan fingerprint density at radius 2 is 0.394 bits per heavy atom. The molecule has 0 radical (unpaired) electrons. The van der Waals surface area contributed by atoms with Gasteiger partial charge in [-0.1, -0.05) is 363 Å². The first-order chi connectivity index (χ1) is 67.7. The van der Waals surface area contributed by atoms with Crippen LogP contribution in [0.4, 0.5) is 0 Å². The van der Waals surface area contributed by atoms with Crippen LogP contribution in [0.5, 0.6) is 0 Å². The Morgan fingerprint density at radius 1 is 0.146 bits per heavy atom. The van der Waals surface area contributed by atoms with Gasteiger partial charge in [-0.3, -0.25) is 15.0 Å². The Kier molecular flexibility index (Phi) is 19.9. The van der Waals surface area contributed by atoms with E-state index in [2.05, 4.69) is 445 Å². The van der Waals surface area contributed by atoms with E-state index in [1.165, 1.54) is 176 Å². The number of aromatic nitrogens is 6. The highest BCUT2D eigenvalue weighted by molar-refractivity contribution is 7.26. The van der Waals surface area contributed by atoms with Crippen LogP contribution in [-0.2, 0) is 0 Å². The largest absolute Gasteiger partial charge is 0.252 e. The van der Waals surface area contributed by atoms with Crippen LogP contribution in [0.3, 0.4) is 0 Å². The number of nitrogens with zero attached hydrogens (tertiary/aromatic N) is 6. The average Bonchev–Trinajstić information content (AvgIpc) is 1.52. The topological polar surface area (TPSA) is 77.3 Å². The number of hydrogen-bond donors (Lipinski definition) is 0. The summed E-state index contributed by atoms with van der Waals surface area (Å²) >= 11 is 5.55. The molecule has 0 bridgehead atoms. The van der Waals surface area contributed by atoms with Gasteiger partial charge < -0.3 is 0 Å². The quantitative estimate of drug-likeness (QED) is 0.127. The lowest BCUT2D eigenvalue weighted by Gasteiger charge is -2.14. The highest BCUT2D eigenvalue weighted by Crippen LogP contribution is 2.47. The molecule has 22 aromatic carbocycles. The monoisotopic (exact) mass is 1800 g/mol. The summed E-state index contributed by atoms with van der Waals surface area (Å²) in [5.41, 5.74) is 30.5. The van der Waals surface area contributed by atoms with Crippen molar-refractivity contribution in [1.29, 1.82) is 0 Å². The van der Waals surface area contributed by atoms with Crippen molar-refractivity contribution in [2.24, 2.45) is 0 Å². The molecule has 0 atom stereocenters. The normalized spacial score (nSPS) is 11.7. The van der Waals surface area contributed by atoms with Gasteiger partial charge in [-0.05, 0) is 203 Å². The van der Waals surface area contributed by atoms with Crippen molar-refractivity contribution in [1.82, 2.24) is 29.9 Å². The minimum Gasteiger partial charge on any atom is -0.252 e. The Balaban J connectivity index is 0.000000107. The minimum atomic E-state index is 0.864. The third-order valence-corrected chi connectivity index (χ3v) is 30.7. The molecule has 137 heavy (non-hydrogen) atoms. The van der Waals surface area contributed by atoms with Gasteiger partial charge in [0.25, 0.3) is 0 Å². The summed E-state index contributed by atoms with van der Waals surface area (Å²) in [5, 5.41) is 21.8. The molecule has 0 saturated carbocycles. The molecule has 0 fully saturated rings. The third-order valence-electron chi connectivity index (χ3n) is 27.2. The van der Waals surface area contributed by atoms with E-state index in [4.69, 9.17) is 29.9 Å². The van der Waals surface area contributed by atoms with Crippen LogP contribution in [0.25, 0.3) is 270 Å². The lowest BCUT2D eigenvalue weighted by Crippen LogP contribution is -1.94.